The first-order chi connectivity index (χ1) is 14.1. The van der Waals surface area contributed by atoms with Crippen LogP contribution in [0.3, 0.4) is 0 Å². The van der Waals surface area contributed by atoms with E-state index < -0.39 is 51.7 Å². The van der Waals surface area contributed by atoms with Crippen molar-refractivity contribution in [3.63, 3.8) is 0 Å². The number of aliphatic hydroxyl groups is 1. The molecule has 3 aromatic rings. The van der Waals surface area contributed by atoms with E-state index in [-0.39, 0.29) is 50.2 Å². The fourth-order valence-corrected chi connectivity index (χ4v) is 4.13. The molecule has 180 valence electrons. The summed E-state index contributed by atoms with van der Waals surface area (Å²) in [5, 5.41) is 18.2. The number of aromatic carboxylic acids is 1. The molecule has 1 atom stereocenters. The van der Waals surface area contributed by atoms with Crippen LogP contribution >= 0.6 is 11.6 Å². The van der Waals surface area contributed by atoms with E-state index in [0.717, 1.165) is 33.7 Å². The van der Waals surface area contributed by atoms with E-state index in [9.17, 15) is 33.0 Å². The summed E-state index contributed by atoms with van der Waals surface area (Å²) in [5.41, 5.74) is -2.10. The van der Waals surface area contributed by atoms with E-state index in [2.05, 4.69) is 4.98 Å². The fourth-order valence-electron chi connectivity index (χ4n) is 3.29. The quantitative estimate of drug-likeness (QED) is 0.355. The summed E-state index contributed by atoms with van der Waals surface area (Å²) < 4.78 is 43.8. The molecule has 1 aliphatic rings. The number of fused-ring (bicyclic) bond motifs is 1. The van der Waals surface area contributed by atoms with Gasteiger partial charge in [-0.1, -0.05) is 0 Å². The van der Waals surface area contributed by atoms with Crippen molar-refractivity contribution < 1.29 is 44.6 Å². The number of benzene rings is 1. The van der Waals surface area contributed by atoms with Crippen LogP contribution in [0.1, 0.15) is 10.4 Å². The summed E-state index contributed by atoms with van der Waals surface area (Å²) in [6.45, 7) is 0.175. The fraction of sp³-hybridized carbons (Fsp3) is 0.167. The average molecular weight is 556 g/mol. The number of halogens is 4. The number of aliphatic hydroxyl groups excluding tert-OH is 1. The number of aromatic nitrogens is 2. The van der Waals surface area contributed by atoms with E-state index >= 15 is 0 Å². The molecule has 1 saturated heterocycles. The molecule has 1 aliphatic heterocycles. The predicted octanol–water partition coefficient (Wildman–Crippen LogP) is -1.88. The Labute approximate surface area is 196 Å². The van der Waals surface area contributed by atoms with Gasteiger partial charge in [-0.25, -0.2) is 0 Å². The van der Waals surface area contributed by atoms with Crippen LogP contribution in [0.25, 0.3) is 16.7 Å². The van der Waals surface area contributed by atoms with Crippen molar-refractivity contribution in [1.82, 2.24) is 9.55 Å². The van der Waals surface area contributed by atoms with E-state index in [1.54, 1.807) is 0 Å². The number of carbonyl (C=O) groups is 1. The van der Waals surface area contributed by atoms with Gasteiger partial charge in [0.05, 0.1) is 0 Å². The number of hydrogen-bond acceptors (Lipinski definition) is 5. The Kier molecular flexibility index (Phi) is 8.66. The van der Waals surface area contributed by atoms with Gasteiger partial charge < -0.3 is 16.4 Å². The van der Waals surface area contributed by atoms with Crippen LogP contribution in [0.4, 0.5) is 18.9 Å². The standard InChI is InChI=1S/C18H12AsClF3N3O4.3H2O/c19-16-10(22)2-11(23)17(24-16)26-5-8(18(29)30)15(28)7-1-9(21)14(12(20)13(7)26)25-3-6(27)4-25;;;/h1-2,5-6,27H,3-4,19H2,(H,29,30);3*1H2. The van der Waals surface area contributed by atoms with Gasteiger partial charge in [0.1, 0.15) is 0 Å². The van der Waals surface area contributed by atoms with E-state index in [1.807, 2.05) is 0 Å². The second-order valence-electron chi connectivity index (χ2n) is 6.68. The zero-order valence-corrected chi connectivity index (χ0v) is 19.5. The van der Waals surface area contributed by atoms with Crippen LogP contribution in [0.2, 0.25) is 5.02 Å². The third kappa shape index (κ3) is 4.56. The second kappa shape index (κ2) is 10.1. The van der Waals surface area contributed by atoms with Gasteiger partial charge >= 0.3 is 180 Å². The van der Waals surface area contributed by atoms with Crippen molar-refractivity contribution >= 4 is 55.5 Å². The summed E-state index contributed by atoms with van der Waals surface area (Å²) in [5.74, 6) is -5.04. The number of β-amino-alcohol motifs (C(OH)–C–C–N with tert-alkyl or cyclic N) is 1. The Bertz CT molecular complexity index is 1300. The van der Waals surface area contributed by atoms with Gasteiger partial charge in [0, 0.05) is 0 Å². The van der Waals surface area contributed by atoms with Gasteiger partial charge in [0.15, 0.2) is 0 Å². The molecule has 33 heavy (non-hydrogen) atoms. The number of carboxylic acid groups (broad SMARTS) is 1. The number of carboxylic acids is 1. The molecular weight excluding hydrogens is 538 g/mol. The van der Waals surface area contributed by atoms with Crippen LogP contribution in [0.15, 0.2) is 23.1 Å². The summed E-state index contributed by atoms with van der Waals surface area (Å²) >= 11 is 7.15. The molecule has 1 fully saturated rings. The van der Waals surface area contributed by atoms with Gasteiger partial charge in [-0.15, -0.1) is 0 Å². The van der Waals surface area contributed by atoms with E-state index in [0.29, 0.717) is 6.07 Å². The number of nitrogens with zero attached hydrogens (tertiary/aromatic N) is 3. The SMILES string of the molecule is O.O.O.O=C(O)c1cn(-c2nc([AsH2])c(F)cc2F)c2c(Cl)c(N3CC(O)C3)c(F)cc2c1=O. The first-order valence-electron chi connectivity index (χ1n) is 8.45. The molecule has 0 bridgehead atoms. The molecule has 1 aromatic carbocycles. The minimum atomic E-state index is -1.62. The van der Waals surface area contributed by atoms with Gasteiger partial charge in [-0.2, -0.15) is 0 Å². The Balaban J connectivity index is 0.00000181. The van der Waals surface area contributed by atoms with Gasteiger partial charge in [-0.3, -0.25) is 0 Å². The molecule has 3 heterocycles. The maximum atomic E-state index is 14.8. The summed E-state index contributed by atoms with van der Waals surface area (Å²) in [4.78, 5) is 29.4. The molecule has 1 unspecified atom stereocenters. The van der Waals surface area contributed by atoms with Crippen molar-refractivity contribution in [3.8, 4) is 5.82 Å². The van der Waals surface area contributed by atoms with Crippen molar-refractivity contribution in [2.45, 2.75) is 6.10 Å². The molecule has 15 heteroatoms. The summed E-state index contributed by atoms with van der Waals surface area (Å²) in [6.07, 6.45) is 0.134. The van der Waals surface area contributed by atoms with Crippen molar-refractivity contribution in [1.29, 1.82) is 0 Å². The number of anilines is 1. The molecule has 0 amide bonds. The molecule has 4 rings (SSSR count). The number of hydrogen-bond donors (Lipinski definition) is 2. The number of pyridine rings is 2. The van der Waals surface area contributed by atoms with Crippen molar-refractivity contribution in [2.24, 2.45) is 0 Å². The predicted molar refractivity (Wildman–Crippen MR) is 116 cm³/mol. The van der Waals surface area contributed by atoms with Crippen molar-refractivity contribution in [3.05, 3.63) is 56.6 Å². The number of rotatable bonds is 3. The third-order valence-electron chi connectivity index (χ3n) is 4.73. The van der Waals surface area contributed by atoms with Crippen LogP contribution < -0.4 is 14.8 Å². The third-order valence-corrected chi connectivity index (χ3v) is 5.94. The minimum absolute atomic E-state index is 0. The monoisotopic (exact) mass is 555 g/mol. The molecule has 0 spiro atoms. The second-order valence-corrected chi connectivity index (χ2v) is 8.21. The average Bonchev–Trinajstić information content (AvgIpc) is 2.64. The summed E-state index contributed by atoms with van der Waals surface area (Å²) in [6, 6.07) is 1.39. The Morgan fingerprint density at radius 1 is 1.12 bits per heavy atom. The van der Waals surface area contributed by atoms with Gasteiger partial charge in [0.25, 0.3) is 0 Å². The molecule has 2 aromatic heterocycles. The zero-order valence-electron chi connectivity index (χ0n) is 16.4. The van der Waals surface area contributed by atoms with Crippen molar-refractivity contribution in [2.75, 3.05) is 18.0 Å². The molecule has 8 N–H and O–H groups in total. The zero-order chi connectivity index (χ0) is 21.9. The van der Waals surface area contributed by atoms with Crippen LogP contribution in [-0.2, 0) is 0 Å². The molecule has 0 radical (unpaired) electrons. The molecule has 0 aliphatic carbocycles. The Morgan fingerprint density at radius 3 is 2.27 bits per heavy atom. The Morgan fingerprint density at radius 2 is 1.73 bits per heavy atom. The van der Waals surface area contributed by atoms with Gasteiger partial charge in [0.2, 0.25) is 0 Å². The maximum absolute atomic E-state index is 14.8. The first kappa shape index (κ1) is 28.4. The van der Waals surface area contributed by atoms with Crippen LogP contribution in [-0.4, -0.2) is 78.2 Å². The van der Waals surface area contributed by atoms with E-state index in [4.69, 9.17) is 11.6 Å². The van der Waals surface area contributed by atoms with Crippen LogP contribution in [0, 0.1) is 17.5 Å². The van der Waals surface area contributed by atoms with E-state index in [1.165, 1.54) is 4.90 Å². The van der Waals surface area contributed by atoms with Gasteiger partial charge in [-0.05, 0) is 0 Å². The molecule has 10 nitrogen and oxygen atoms in total. The Hall–Kier alpha value is -2.67. The summed E-state index contributed by atoms with van der Waals surface area (Å²) in [7, 11) is 0. The normalized spacial score (nSPS) is 13.0. The first-order valence-corrected chi connectivity index (χ1v) is 10.0. The molecular formula is C18H18AsClF3N3O7. The topological polar surface area (TPSA) is 190 Å². The molecule has 0 saturated carbocycles. The van der Waals surface area contributed by atoms with Crippen LogP contribution in [0.5, 0.6) is 0 Å².